The van der Waals surface area contributed by atoms with Gasteiger partial charge in [-0.1, -0.05) is 29.8 Å². The predicted molar refractivity (Wildman–Crippen MR) is 60.8 cm³/mol. The molecule has 0 spiro atoms. The van der Waals surface area contributed by atoms with Gasteiger partial charge in [-0.2, -0.15) is 0 Å². The maximum atomic E-state index is 6.09. The molecular formula is C12H16ClN. The fraction of sp³-hybridized carbons (Fsp3) is 0.500. The van der Waals surface area contributed by atoms with Crippen molar-refractivity contribution in [2.24, 2.45) is 0 Å². The molecule has 1 aliphatic carbocycles. The topological polar surface area (TPSA) is 12.0 Å². The Morgan fingerprint density at radius 2 is 2.14 bits per heavy atom. The molecule has 1 saturated carbocycles. The van der Waals surface area contributed by atoms with Crippen LogP contribution in [0.2, 0.25) is 5.02 Å². The SMILES string of the molecule is CC(Cc1ccccc1Cl)NC1CC1. The van der Waals surface area contributed by atoms with Crippen LogP contribution in [0.1, 0.15) is 25.3 Å². The van der Waals surface area contributed by atoms with Crippen LogP contribution in [0.25, 0.3) is 0 Å². The summed E-state index contributed by atoms with van der Waals surface area (Å²) in [4.78, 5) is 0. The molecule has 0 bridgehead atoms. The third-order valence-corrected chi connectivity index (χ3v) is 2.95. The summed E-state index contributed by atoms with van der Waals surface area (Å²) in [6.45, 7) is 2.22. The van der Waals surface area contributed by atoms with E-state index in [2.05, 4.69) is 18.3 Å². The van der Waals surface area contributed by atoms with Crippen LogP contribution in [-0.4, -0.2) is 12.1 Å². The Labute approximate surface area is 90.5 Å². The predicted octanol–water partition coefficient (Wildman–Crippen LogP) is 3.02. The molecule has 0 heterocycles. The largest absolute Gasteiger partial charge is 0.311 e. The Morgan fingerprint density at radius 1 is 1.43 bits per heavy atom. The van der Waals surface area contributed by atoms with Crippen molar-refractivity contribution in [3.05, 3.63) is 34.9 Å². The molecule has 1 nitrogen and oxygen atoms in total. The Bertz CT molecular complexity index is 307. The molecule has 1 aromatic rings. The van der Waals surface area contributed by atoms with Gasteiger partial charge in [0.25, 0.3) is 0 Å². The normalized spacial score (nSPS) is 18.1. The van der Waals surface area contributed by atoms with E-state index in [1.54, 1.807) is 0 Å². The van der Waals surface area contributed by atoms with E-state index in [0.29, 0.717) is 6.04 Å². The highest BCUT2D eigenvalue weighted by atomic mass is 35.5. The van der Waals surface area contributed by atoms with Gasteiger partial charge in [-0.25, -0.2) is 0 Å². The fourth-order valence-corrected chi connectivity index (χ4v) is 1.92. The highest BCUT2D eigenvalue weighted by Gasteiger charge is 2.22. The lowest BCUT2D eigenvalue weighted by atomic mass is 10.1. The van der Waals surface area contributed by atoms with Crippen LogP contribution < -0.4 is 5.32 Å². The summed E-state index contributed by atoms with van der Waals surface area (Å²) in [7, 11) is 0. The van der Waals surface area contributed by atoms with Crippen LogP contribution >= 0.6 is 11.6 Å². The lowest BCUT2D eigenvalue weighted by Gasteiger charge is -2.13. The summed E-state index contributed by atoms with van der Waals surface area (Å²) in [5.74, 6) is 0. The van der Waals surface area contributed by atoms with Crippen LogP contribution in [0.5, 0.6) is 0 Å². The summed E-state index contributed by atoms with van der Waals surface area (Å²) in [6, 6.07) is 9.39. The molecule has 1 aliphatic rings. The molecule has 76 valence electrons. The molecule has 0 radical (unpaired) electrons. The molecular weight excluding hydrogens is 194 g/mol. The van der Waals surface area contributed by atoms with Crippen molar-refractivity contribution in [3.63, 3.8) is 0 Å². The van der Waals surface area contributed by atoms with Gasteiger partial charge in [-0.05, 0) is 37.8 Å². The van der Waals surface area contributed by atoms with E-state index in [9.17, 15) is 0 Å². The fourth-order valence-electron chi connectivity index (χ4n) is 1.71. The molecule has 1 N–H and O–H groups in total. The van der Waals surface area contributed by atoms with Gasteiger partial charge in [0.15, 0.2) is 0 Å². The second kappa shape index (κ2) is 4.33. The number of hydrogen-bond acceptors (Lipinski definition) is 1. The Kier molecular flexibility index (Phi) is 3.09. The minimum absolute atomic E-state index is 0.530. The van der Waals surface area contributed by atoms with Gasteiger partial charge in [-0.3, -0.25) is 0 Å². The molecule has 0 saturated heterocycles. The standard InChI is InChI=1S/C12H16ClN/c1-9(14-11-6-7-11)8-10-4-2-3-5-12(10)13/h2-5,9,11,14H,6-8H2,1H3. The number of hydrogen-bond donors (Lipinski definition) is 1. The van der Waals surface area contributed by atoms with Gasteiger partial charge in [-0.15, -0.1) is 0 Å². The smallest absolute Gasteiger partial charge is 0.0438 e. The first-order valence-electron chi connectivity index (χ1n) is 5.25. The van der Waals surface area contributed by atoms with Gasteiger partial charge in [0.05, 0.1) is 0 Å². The number of rotatable bonds is 4. The molecule has 1 unspecified atom stereocenters. The van der Waals surface area contributed by atoms with Crippen molar-refractivity contribution < 1.29 is 0 Å². The van der Waals surface area contributed by atoms with E-state index in [0.717, 1.165) is 17.5 Å². The Hall–Kier alpha value is -0.530. The van der Waals surface area contributed by atoms with Crippen molar-refractivity contribution >= 4 is 11.6 Å². The van der Waals surface area contributed by atoms with Crippen molar-refractivity contribution in [3.8, 4) is 0 Å². The highest BCUT2D eigenvalue weighted by molar-refractivity contribution is 6.31. The Balaban J connectivity index is 1.91. The monoisotopic (exact) mass is 209 g/mol. The quantitative estimate of drug-likeness (QED) is 0.804. The number of halogens is 1. The molecule has 14 heavy (non-hydrogen) atoms. The Morgan fingerprint density at radius 3 is 2.79 bits per heavy atom. The zero-order valence-corrected chi connectivity index (χ0v) is 9.22. The van der Waals surface area contributed by atoms with Gasteiger partial charge in [0.1, 0.15) is 0 Å². The van der Waals surface area contributed by atoms with Crippen molar-refractivity contribution in [2.45, 2.75) is 38.3 Å². The number of nitrogens with one attached hydrogen (secondary N) is 1. The lowest BCUT2D eigenvalue weighted by Crippen LogP contribution is -2.29. The third kappa shape index (κ3) is 2.73. The first-order valence-corrected chi connectivity index (χ1v) is 5.63. The van der Waals surface area contributed by atoms with Gasteiger partial charge in [0.2, 0.25) is 0 Å². The molecule has 0 aromatic heterocycles. The van der Waals surface area contributed by atoms with Gasteiger partial charge in [0, 0.05) is 17.1 Å². The van der Waals surface area contributed by atoms with E-state index < -0.39 is 0 Å². The highest BCUT2D eigenvalue weighted by Crippen LogP contribution is 2.21. The molecule has 1 fully saturated rings. The van der Waals surface area contributed by atoms with Crippen molar-refractivity contribution in [1.82, 2.24) is 5.32 Å². The summed E-state index contributed by atoms with van der Waals surface area (Å²) in [6.07, 6.45) is 3.70. The van der Waals surface area contributed by atoms with Crippen LogP contribution in [0, 0.1) is 0 Å². The molecule has 1 aromatic carbocycles. The van der Waals surface area contributed by atoms with Gasteiger partial charge < -0.3 is 5.32 Å². The second-order valence-electron chi connectivity index (χ2n) is 4.14. The van der Waals surface area contributed by atoms with E-state index >= 15 is 0 Å². The van der Waals surface area contributed by atoms with E-state index in [-0.39, 0.29) is 0 Å². The average Bonchev–Trinajstić information content (AvgIpc) is 2.93. The zero-order valence-electron chi connectivity index (χ0n) is 8.46. The van der Waals surface area contributed by atoms with Crippen molar-refractivity contribution in [1.29, 1.82) is 0 Å². The molecule has 1 atom stereocenters. The molecule has 2 rings (SSSR count). The van der Waals surface area contributed by atoms with Gasteiger partial charge >= 0.3 is 0 Å². The minimum Gasteiger partial charge on any atom is -0.311 e. The molecule has 2 heteroatoms. The zero-order chi connectivity index (χ0) is 9.97. The summed E-state index contributed by atoms with van der Waals surface area (Å²) < 4.78 is 0. The summed E-state index contributed by atoms with van der Waals surface area (Å²) in [5.41, 5.74) is 1.25. The summed E-state index contributed by atoms with van der Waals surface area (Å²) in [5, 5.41) is 4.46. The lowest BCUT2D eigenvalue weighted by molar-refractivity contribution is 0.542. The van der Waals surface area contributed by atoms with Crippen molar-refractivity contribution in [2.75, 3.05) is 0 Å². The maximum absolute atomic E-state index is 6.09. The minimum atomic E-state index is 0.530. The summed E-state index contributed by atoms with van der Waals surface area (Å²) >= 11 is 6.09. The van der Waals surface area contributed by atoms with E-state index in [4.69, 9.17) is 11.6 Å². The van der Waals surface area contributed by atoms with E-state index in [1.807, 2.05) is 18.2 Å². The first kappa shape index (κ1) is 10.0. The van der Waals surface area contributed by atoms with Crippen LogP contribution in [0.4, 0.5) is 0 Å². The average molecular weight is 210 g/mol. The van der Waals surface area contributed by atoms with Crippen LogP contribution in [0.15, 0.2) is 24.3 Å². The third-order valence-electron chi connectivity index (χ3n) is 2.58. The second-order valence-corrected chi connectivity index (χ2v) is 4.54. The maximum Gasteiger partial charge on any atom is 0.0438 e. The molecule has 0 aliphatic heterocycles. The molecule has 0 amide bonds. The first-order chi connectivity index (χ1) is 6.75. The number of benzene rings is 1. The van der Waals surface area contributed by atoms with E-state index in [1.165, 1.54) is 18.4 Å². The van der Waals surface area contributed by atoms with Crippen LogP contribution in [0.3, 0.4) is 0 Å². The van der Waals surface area contributed by atoms with Crippen LogP contribution in [-0.2, 0) is 6.42 Å².